The molecule has 27 heteroatoms. The van der Waals surface area contributed by atoms with Crippen molar-refractivity contribution in [1.29, 1.82) is 0 Å². The number of aryl methyl sites for hydroxylation is 2. The monoisotopic (exact) mass is 1300 g/mol. The smallest absolute Gasteiger partial charge is 0.870 e. The molecular weight excluding hydrogens is 1230 g/mol. The maximum atomic E-state index is 11.6. The number of hydrogen-bond donors (Lipinski definition) is 6. The van der Waals surface area contributed by atoms with Crippen molar-refractivity contribution in [2.24, 2.45) is 0 Å². The Bertz CT molecular complexity index is 4220. The zero-order valence-corrected chi connectivity index (χ0v) is 54.7. The van der Waals surface area contributed by atoms with Crippen molar-refractivity contribution in [3.63, 3.8) is 0 Å². The average molecular weight is 1300 g/mol. The summed E-state index contributed by atoms with van der Waals surface area (Å²) >= 11 is -2.22. The van der Waals surface area contributed by atoms with Crippen LogP contribution in [0.25, 0.3) is 57.4 Å². The molecule has 1 atom stereocenters. The number of carbonyl (C=O) groups excluding carboxylic acids is 5. The first-order valence-corrected chi connectivity index (χ1v) is 28.1. The summed E-state index contributed by atoms with van der Waals surface area (Å²) in [4.78, 5) is 101. The third-order valence-electron chi connectivity index (χ3n) is 11.2. The van der Waals surface area contributed by atoms with Gasteiger partial charge in [-0.15, -0.1) is 12.4 Å². The zero-order chi connectivity index (χ0) is 64.5. The number of Topliss-reactive ketones (excluding diaryl/α,β-unsaturated/α-hetero) is 1. The second-order valence-electron chi connectivity index (χ2n) is 18.4. The van der Waals surface area contributed by atoms with Crippen molar-refractivity contribution in [2.45, 2.75) is 41.5 Å². The van der Waals surface area contributed by atoms with Crippen molar-refractivity contribution in [3.8, 4) is 0 Å². The number of fused-ring (bicyclic) bond motifs is 3. The van der Waals surface area contributed by atoms with Gasteiger partial charge in [0.05, 0.1) is 30.2 Å². The van der Waals surface area contributed by atoms with Crippen LogP contribution in [0.3, 0.4) is 0 Å². The van der Waals surface area contributed by atoms with Gasteiger partial charge in [-0.1, -0.05) is 29.8 Å². The molecule has 0 fully saturated rings. The Hall–Kier alpha value is -10.3. The van der Waals surface area contributed by atoms with Crippen LogP contribution in [0.15, 0.2) is 171 Å². The number of nitrogens with one attached hydrogen (secondary N) is 4. The average Bonchev–Trinajstić information content (AvgIpc) is 1.94. The van der Waals surface area contributed by atoms with Crippen LogP contribution >= 0.6 is 12.4 Å². The summed E-state index contributed by atoms with van der Waals surface area (Å²) in [5.74, 6) is -1.31. The van der Waals surface area contributed by atoms with Gasteiger partial charge < -0.3 is 54.8 Å². The Balaban J connectivity index is 0.000000380. The van der Waals surface area contributed by atoms with Crippen LogP contribution < -0.4 is 40.0 Å². The Morgan fingerprint density at radius 2 is 1.00 bits per heavy atom. The fraction of sp³-hybridized carbons (Fsp3) is 0.123. The van der Waals surface area contributed by atoms with Gasteiger partial charge in [-0.2, -0.15) is 0 Å². The van der Waals surface area contributed by atoms with E-state index >= 15 is 0 Å². The van der Waals surface area contributed by atoms with Crippen LogP contribution in [0.1, 0.15) is 114 Å². The molecule has 0 spiro atoms. The number of anilines is 2. The molecule has 0 bridgehead atoms. The third kappa shape index (κ3) is 27.6. The number of nitrogen functional groups attached to an aromatic ring is 1. The summed E-state index contributed by atoms with van der Waals surface area (Å²) in [5.41, 5.74) is 15.3. The minimum absolute atomic E-state index is 0. The maximum absolute atomic E-state index is 11.6. The van der Waals surface area contributed by atoms with E-state index in [-0.39, 0.29) is 70.7 Å². The van der Waals surface area contributed by atoms with E-state index in [9.17, 15) is 37.5 Å². The number of pyridine rings is 7. The largest absolute Gasteiger partial charge is 1.00 e. The Morgan fingerprint density at radius 3 is 1.40 bits per heavy atom. The van der Waals surface area contributed by atoms with Crippen molar-refractivity contribution < 1.29 is 87.1 Å². The molecule has 1 aromatic carbocycles. The summed E-state index contributed by atoms with van der Waals surface area (Å²) < 4.78 is 32.2. The van der Waals surface area contributed by atoms with Crippen molar-refractivity contribution in [2.75, 3.05) is 23.7 Å². The van der Waals surface area contributed by atoms with E-state index in [1.807, 2.05) is 117 Å². The van der Waals surface area contributed by atoms with Crippen LogP contribution in [0.5, 0.6) is 0 Å². The molecule has 11 aromatic rings. The molecule has 10 heterocycles. The van der Waals surface area contributed by atoms with Crippen molar-refractivity contribution >= 4 is 129 Å². The van der Waals surface area contributed by atoms with Gasteiger partial charge in [-0.3, -0.25) is 13.8 Å². The molecule has 24 nitrogen and oxygen atoms in total. The second-order valence-corrected chi connectivity index (χ2v) is 19.0. The van der Waals surface area contributed by atoms with Crippen LogP contribution in [-0.2, 0) is 25.5 Å². The van der Waals surface area contributed by atoms with Crippen LogP contribution in [-0.4, -0.2) is 119 Å². The summed E-state index contributed by atoms with van der Waals surface area (Å²) in [6.07, 6.45) is 20.3. The molecule has 1 unspecified atom stereocenters. The molecule has 92 heavy (non-hydrogen) atoms. The molecular formula is C65H65ClN12NaO12S-. The van der Waals surface area contributed by atoms with E-state index in [4.69, 9.17) is 20.3 Å². The third-order valence-corrected chi connectivity index (χ3v) is 11.6. The Morgan fingerprint density at radius 1 is 0.587 bits per heavy atom. The van der Waals surface area contributed by atoms with Gasteiger partial charge in [-0.25, -0.2) is 49.3 Å². The van der Waals surface area contributed by atoms with E-state index in [1.165, 1.54) is 26.1 Å². The Kier molecular flexibility index (Phi) is 35.4. The van der Waals surface area contributed by atoms with E-state index in [1.54, 1.807) is 93.5 Å². The first kappa shape index (κ1) is 77.8. The predicted octanol–water partition coefficient (Wildman–Crippen LogP) is 8.60. The number of benzene rings is 1. The molecule has 11 rings (SSSR count). The molecule has 472 valence electrons. The van der Waals surface area contributed by atoms with Gasteiger partial charge in [0.25, 0.3) is 0 Å². The number of carboxylic acid groups (broad SMARTS) is 1. The van der Waals surface area contributed by atoms with E-state index in [2.05, 4.69) is 54.6 Å². The van der Waals surface area contributed by atoms with Crippen LogP contribution in [0.2, 0.25) is 0 Å². The quantitative estimate of drug-likeness (QED) is 0.0272. The van der Waals surface area contributed by atoms with E-state index in [0.717, 1.165) is 55.6 Å². The van der Waals surface area contributed by atoms with Gasteiger partial charge in [0, 0.05) is 87.7 Å². The van der Waals surface area contributed by atoms with E-state index in [0.29, 0.717) is 65.3 Å². The molecule has 0 saturated carbocycles. The first-order chi connectivity index (χ1) is 42.9. The Labute approximate surface area is 560 Å². The first-order valence-electron chi connectivity index (χ1n) is 27.0. The van der Waals surface area contributed by atoms with Gasteiger partial charge in [-0.05, 0) is 180 Å². The van der Waals surface area contributed by atoms with Gasteiger partial charge >= 0.3 is 47.5 Å². The number of aromatic amines is 3. The normalized spacial score (nSPS) is 10.2. The van der Waals surface area contributed by atoms with Crippen molar-refractivity contribution in [3.05, 3.63) is 233 Å². The number of aldehydes is 2. The van der Waals surface area contributed by atoms with Gasteiger partial charge in [0.2, 0.25) is 0 Å². The summed E-state index contributed by atoms with van der Waals surface area (Å²) in [6, 6.07) is 38.5. The predicted molar refractivity (Wildman–Crippen MR) is 351 cm³/mol. The number of esters is 2. The number of halogens is 1. The molecule has 0 amide bonds. The fourth-order valence-electron chi connectivity index (χ4n) is 7.05. The van der Waals surface area contributed by atoms with Gasteiger partial charge in [0.15, 0.2) is 29.5 Å². The molecule has 0 aliphatic rings. The van der Waals surface area contributed by atoms with E-state index < -0.39 is 23.2 Å². The van der Waals surface area contributed by atoms with Gasteiger partial charge in [0.1, 0.15) is 28.7 Å². The molecule has 10 aromatic heterocycles. The number of ether oxygens (including phenoxy) is 2. The SMILES string of the molecule is CC(C)=O.CCOC(=O)c1cc(/C=C/c2ccc3cccnc3n2)c[nH]1.CCOC(=O)c1cc(C=O)c[nH]1.Cc1ccc(NS(=O)[O-])cc1.Cc1ccc2cccnc2n1.Cl.Nc1ncccc1C=O.O=C(O)c1cc(/C=C/c2ccc3cccnc3n2)c[nH]1.[Na+].[OH-]. The topological polar surface area (TPSA) is 387 Å². The number of aromatic carboxylic acids is 1. The summed E-state index contributed by atoms with van der Waals surface area (Å²) in [6.45, 7) is 11.2. The number of rotatable bonds is 13. The number of nitrogens with two attached hydrogens (primary N) is 1. The molecule has 0 radical (unpaired) electrons. The molecule has 0 saturated heterocycles. The standard InChI is InChI=1S/C17H15N3O2.C15H11N3O2.C9H8N2.C8H9NO3.C7H9NO2S.C6H6N2O.C3H6O.ClH.Na.H2O/c1-2-22-17(21)15-10-12(11-19-15)5-7-14-8-6-13-4-3-9-18-16(13)20-14;19-15(20)13-8-10(9-17-13)3-5-12-6-4-11-2-1-7-16-14(11)18-12;1-7-4-5-8-3-2-6-10-9(8)11-7;1-2-12-8(11)7-3-6(5-10)4-9-7;1-6-2-4-7(5-3-6)8-11(9)10;7-6-5(4-9)2-1-3-8-6;1-3(2)4;;;/h3-11,19H,2H2,1H3;1-9,17H,(H,19,20);2-6H,1H3;3-5,9H,2H2,1H3;2-5,8H,1H3,(H,9,10);1-4H,(H2,7,8);1-2H3;1H;;1H2/q;;;;;;;;+1;/p-2/b7-5+;5-3+;;;;;;;;. The molecule has 0 aliphatic carbocycles. The number of carboxylic acids is 1. The van der Waals surface area contributed by atoms with Crippen LogP contribution in [0.4, 0.5) is 11.5 Å². The number of ketones is 1. The zero-order valence-electron chi connectivity index (χ0n) is 51.0. The minimum atomic E-state index is -2.22. The minimum Gasteiger partial charge on any atom is -0.870 e. The number of nitrogens with zero attached hydrogens (tertiary/aromatic N) is 7. The second kappa shape index (κ2) is 41.9. The number of hydrogen-bond acceptors (Lipinski definition) is 19. The summed E-state index contributed by atoms with van der Waals surface area (Å²) in [5, 5.41) is 11.9. The maximum Gasteiger partial charge on any atom is 1.00 e. The molecule has 8 N–H and O–H groups in total. The summed E-state index contributed by atoms with van der Waals surface area (Å²) in [7, 11) is 0. The number of carbonyl (C=O) groups is 6. The number of aromatic nitrogens is 10. The van der Waals surface area contributed by atoms with Crippen molar-refractivity contribution in [1.82, 2.24) is 49.8 Å². The van der Waals surface area contributed by atoms with Crippen LogP contribution in [0, 0.1) is 13.8 Å². The fourth-order valence-corrected chi connectivity index (χ4v) is 7.38. The molecule has 0 aliphatic heterocycles. The number of H-pyrrole nitrogens is 3.